The van der Waals surface area contributed by atoms with Crippen LogP contribution in [0.5, 0.6) is 0 Å². The van der Waals surface area contributed by atoms with E-state index in [1.807, 2.05) is 0 Å². The number of alkyl halides is 2. The van der Waals surface area contributed by atoms with Crippen LogP contribution in [0.3, 0.4) is 0 Å². The molecule has 0 fully saturated rings. The maximum absolute atomic E-state index is 12.1. The van der Waals surface area contributed by atoms with E-state index in [0.29, 0.717) is 5.56 Å². The van der Waals surface area contributed by atoms with Gasteiger partial charge in [-0.2, -0.15) is 0 Å². The molecular formula is C9H8BrFO. The summed E-state index contributed by atoms with van der Waals surface area (Å²) in [6.45, 7) is -0.464. The highest BCUT2D eigenvalue weighted by Crippen LogP contribution is 2.20. The molecule has 0 bridgehead atoms. The third kappa shape index (κ3) is 2.14. The molecular weight excluding hydrogens is 223 g/mol. The normalized spacial score (nSPS) is 12.5. The van der Waals surface area contributed by atoms with Crippen molar-refractivity contribution < 1.29 is 9.18 Å². The third-order valence-electron chi connectivity index (χ3n) is 1.57. The van der Waals surface area contributed by atoms with Crippen molar-refractivity contribution in [1.29, 1.82) is 0 Å². The average molecular weight is 231 g/mol. The van der Waals surface area contributed by atoms with Gasteiger partial charge in [0.25, 0.3) is 0 Å². The van der Waals surface area contributed by atoms with Crippen molar-refractivity contribution in [2.75, 3.05) is 0 Å². The molecule has 0 saturated heterocycles. The molecule has 1 rings (SSSR count). The van der Waals surface area contributed by atoms with Gasteiger partial charge in [-0.3, -0.25) is 0 Å². The molecule has 1 aromatic carbocycles. The van der Waals surface area contributed by atoms with Gasteiger partial charge in [-0.1, -0.05) is 40.2 Å². The fourth-order valence-electron chi connectivity index (χ4n) is 0.869. The highest BCUT2D eigenvalue weighted by molar-refractivity contribution is 9.09. The van der Waals surface area contributed by atoms with Gasteiger partial charge < -0.3 is 4.79 Å². The fraction of sp³-hybridized carbons (Fsp3) is 0.222. The number of benzene rings is 1. The Morgan fingerprint density at radius 3 is 2.42 bits per heavy atom. The molecule has 0 aromatic heterocycles. The molecule has 1 nitrogen and oxygen atoms in total. The summed E-state index contributed by atoms with van der Waals surface area (Å²) in [6, 6.07) is 6.83. The second-order valence-electron chi connectivity index (χ2n) is 2.41. The fourth-order valence-corrected chi connectivity index (χ4v) is 1.17. The lowest BCUT2D eigenvalue weighted by Gasteiger charge is -2.01. The van der Waals surface area contributed by atoms with Gasteiger partial charge in [0.2, 0.25) is 0 Å². The van der Waals surface area contributed by atoms with Gasteiger partial charge in [-0.05, 0) is 11.1 Å². The first-order valence-electron chi connectivity index (χ1n) is 3.52. The van der Waals surface area contributed by atoms with Crippen molar-refractivity contribution in [2.24, 2.45) is 0 Å². The quantitative estimate of drug-likeness (QED) is 0.577. The molecule has 0 aliphatic heterocycles. The molecule has 64 valence electrons. The monoisotopic (exact) mass is 230 g/mol. The summed E-state index contributed by atoms with van der Waals surface area (Å²) >= 11 is 3.17. The van der Waals surface area contributed by atoms with Crippen LogP contribution in [0.2, 0.25) is 0 Å². The van der Waals surface area contributed by atoms with Crippen molar-refractivity contribution in [1.82, 2.24) is 0 Å². The van der Waals surface area contributed by atoms with Crippen LogP contribution in [0.4, 0.5) is 4.39 Å². The van der Waals surface area contributed by atoms with Gasteiger partial charge in [0, 0.05) is 0 Å². The SMILES string of the molecule is O=CC(Br)c1ccc(CF)cc1. The zero-order valence-corrected chi connectivity index (χ0v) is 7.92. The molecule has 0 aliphatic rings. The zero-order valence-electron chi connectivity index (χ0n) is 6.34. The molecule has 0 aliphatic carbocycles. The second-order valence-corrected chi connectivity index (χ2v) is 3.40. The summed E-state index contributed by atoms with van der Waals surface area (Å²) in [4.78, 5) is 10.1. The Balaban J connectivity index is 2.84. The van der Waals surface area contributed by atoms with Crippen LogP contribution >= 0.6 is 15.9 Å². The second kappa shape index (κ2) is 4.36. The standard InChI is InChI=1S/C9H8BrFO/c10-9(6-12)8-3-1-7(5-11)2-4-8/h1-4,6,9H,5H2. The van der Waals surface area contributed by atoms with E-state index in [2.05, 4.69) is 15.9 Å². The molecule has 0 N–H and O–H groups in total. The first-order valence-corrected chi connectivity index (χ1v) is 4.43. The van der Waals surface area contributed by atoms with Crippen LogP contribution in [0.1, 0.15) is 16.0 Å². The highest BCUT2D eigenvalue weighted by Gasteiger charge is 2.04. The number of halogens is 2. The molecule has 1 aromatic rings. The van der Waals surface area contributed by atoms with Crippen LogP contribution in [0, 0.1) is 0 Å². The van der Waals surface area contributed by atoms with Crippen LogP contribution in [0.25, 0.3) is 0 Å². The summed E-state index contributed by atoms with van der Waals surface area (Å²) < 4.78 is 12.1. The molecule has 0 amide bonds. The number of carbonyl (C=O) groups excluding carboxylic acids is 1. The largest absolute Gasteiger partial charge is 0.302 e. The lowest BCUT2D eigenvalue weighted by atomic mass is 10.1. The number of aldehydes is 1. The average Bonchev–Trinajstić information content (AvgIpc) is 2.17. The van der Waals surface area contributed by atoms with Gasteiger partial charge in [0.1, 0.15) is 13.0 Å². The van der Waals surface area contributed by atoms with Crippen molar-refractivity contribution in [3.8, 4) is 0 Å². The Hall–Kier alpha value is -0.700. The lowest BCUT2D eigenvalue weighted by Crippen LogP contribution is -1.90. The van der Waals surface area contributed by atoms with E-state index >= 15 is 0 Å². The van der Waals surface area contributed by atoms with Crippen molar-refractivity contribution in [2.45, 2.75) is 11.5 Å². The van der Waals surface area contributed by atoms with E-state index in [1.54, 1.807) is 24.3 Å². The van der Waals surface area contributed by atoms with E-state index in [4.69, 9.17) is 0 Å². The predicted octanol–water partition coefficient (Wildman–Crippen LogP) is 2.79. The molecule has 3 heteroatoms. The highest BCUT2D eigenvalue weighted by atomic mass is 79.9. The minimum absolute atomic E-state index is 0.286. The summed E-state index contributed by atoms with van der Waals surface area (Å²) in [5, 5.41) is 0. The maximum Gasteiger partial charge on any atom is 0.138 e. The number of hydrogen-bond acceptors (Lipinski definition) is 1. The Morgan fingerprint density at radius 2 is 2.00 bits per heavy atom. The van der Waals surface area contributed by atoms with Gasteiger partial charge in [-0.15, -0.1) is 0 Å². The van der Waals surface area contributed by atoms with E-state index in [9.17, 15) is 9.18 Å². The smallest absolute Gasteiger partial charge is 0.138 e. The van der Waals surface area contributed by atoms with E-state index in [0.717, 1.165) is 11.8 Å². The van der Waals surface area contributed by atoms with Crippen LogP contribution in [-0.2, 0) is 11.5 Å². The zero-order chi connectivity index (χ0) is 8.97. The first-order chi connectivity index (χ1) is 5.77. The van der Waals surface area contributed by atoms with E-state index < -0.39 is 6.67 Å². The molecule has 1 unspecified atom stereocenters. The molecule has 0 heterocycles. The third-order valence-corrected chi connectivity index (χ3v) is 2.32. The van der Waals surface area contributed by atoms with Crippen molar-refractivity contribution in [3.05, 3.63) is 35.4 Å². The van der Waals surface area contributed by atoms with Crippen LogP contribution in [-0.4, -0.2) is 6.29 Å². The minimum atomic E-state index is -0.464. The van der Waals surface area contributed by atoms with Gasteiger partial charge in [0.15, 0.2) is 0 Å². The molecule has 0 spiro atoms. The Labute approximate surface area is 78.7 Å². The van der Waals surface area contributed by atoms with Crippen LogP contribution < -0.4 is 0 Å². The Bertz CT molecular complexity index is 258. The molecule has 12 heavy (non-hydrogen) atoms. The summed E-state index contributed by atoms with van der Waals surface area (Å²) in [5.41, 5.74) is 1.48. The Kier molecular flexibility index (Phi) is 3.41. The van der Waals surface area contributed by atoms with Gasteiger partial charge in [0.05, 0.1) is 4.83 Å². The van der Waals surface area contributed by atoms with E-state index in [-0.39, 0.29) is 4.83 Å². The molecule has 0 saturated carbocycles. The summed E-state index contributed by atoms with van der Waals surface area (Å²) in [5.74, 6) is 0. The van der Waals surface area contributed by atoms with E-state index in [1.165, 1.54) is 0 Å². The van der Waals surface area contributed by atoms with Crippen molar-refractivity contribution in [3.63, 3.8) is 0 Å². The van der Waals surface area contributed by atoms with Gasteiger partial charge in [-0.25, -0.2) is 4.39 Å². The Morgan fingerprint density at radius 1 is 1.42 bits per heavy atom. The van der Waals surface area contributed by atoms with Crippen molar-refractivity contribution >= 4 is 22.2 Å². The molecule has 1 atom stereocenters. The number of rotatable bonds is 3. The number of hydrogen-bond donors (Lipinski definition) is 0. The topological polar surface area (TPSA) is 17.1 Å². The summed E-state index contributed by atoms with van der Waals surface area (Å²) in [7, 11) is 0. The number of carbonyl (C=O) groups is 1. The molecule has 0 radical (unpaired) electrons. The summed E-state index contributed by atoms with van der Waals surface area (Å²) in [6.07, 6.45) is 0.796. The predicted molar refractivity (Wildman–Crippen MR) is 49.0 cm³/mol. The minimum Gasteiger partial charge on any atom is -0.302 e. The van der Waals surface area contributed by atoms with Crippen LogP contribution in [0.15, 0.2) is 24.3 Å². The lowest BCUT2D eigenvalue weighted by molar-refractivity contribution is -0.107. The first kappa shape index (κ1) is 9.39. The maximum atomic E-state index is 12.1. The van der Waals surface area contributed by atoms with Gasteiger partial charge >= 0.3 is 0 Å².